The molecule has 0 aliphatic rings. The van der Waals surface area contributed by atoms with Crippen molar-refractivity contribution in [2.24, 2.45) is 5.73 Å². The molecule has 2 aromatic rings. The average molecular weight is 231 g/mol. The maximum absolute atomic E-state index is 5.44. The summed E-state index contributed by atoms with van der Waals surface area (Å²) in [6, 6.07) is 8.18. The van der Waals surface area contributed by atoms with Crippen LogP contribution >= 0.6 is 0 Å². The summed E-state index contributed by atoms with van der Waals surface area (Å²) in [6.07, 6.45) is 0.657. The Morgan fingerprint density at radius 3 is 2.53 bits per heavy atom. The fourth-order valence-corrected chi connectivity index (χ4v) is 1.57. The van der Waals surface area contributed by atoms with Crippen LogP contribution in [0.4, 0.5) is 0 Å². The molecule has 0 bridgehead atoms. The van der Waals surface area contributed by atoms with Crippen LogP contribution in [0, 0.1) is 0 Å². The lowest BCUT2D eigenvalue weighted by atomic mass is 10.0. The highest BCUT2D eigenvalue weighted by Crippen LogP contribution is 2.15. The molecule has 90 valence electrons. The Kier molecular flexibility index (Phi) is 3.49. The van der Waals surface area contributed by atoms with Crippen molar-refractivity contribution < 1.29 is 0 Å². The van der Waals surface area contributed by atoms with E-state index in [1.807, 2.05) is 12.1 Å². The third-order valence-electron chi connectivity index (χ3n) is 2.61. The number of rotatable bonds is 4. The van der Waals surface area contributed by atoms with Crippen molar-refractivity contribution in [3.63, 3.8) is 0 Å². The van der Waals surface area contributed by atoms with Crippen LogP contribution in [0.15, 0.2) is 24.3 Å². The molecule has 0 aliphatic heterocycles. The average Bonchev–Trinajstić information content (AvgIpc) is 2.78. The quantitative estimate of drug-likeness (QED) is 0.860. The van der Waals surface area contributed by atoms with Gasteiger partial charge < -0.3 is 5.73 Å². The number of tetrazole rings is 1. The Labute approximate surface area is 101 Å². The van der Waals surface area contributed by atoms with Crippen LogP contribution in [0.2, 0.25) is 0 Å². The zero-order valence-electron chi connectivity index (χ0n) is 10.2. The van der Waals surface area contributed by atoms with Gasteiger partial charge in [-0.2, -0.15) is 0 Å². The third kappa shape index (κ3) is 2.68. The normalized spacial score (nSPS) is 11.1. The molecule has 0 unspecified atom stereocenters. The van der Waals surface area contributed by atoms with Gasteiger partial charge in [0.05, 0.1) is 5.69 Å². The van der Waals surface area contributed by atoms with Gasteiger partial charge in [0.2, 0.25) is 0 Å². The van der Waals surface area contributed by atoms with Gasteiger partial charge >= 0.3 is 0 Å². The van der Waals surface area contributed by atoms with Crippen LogP contribution in [0.25, 0.3) is 5.69 Å². The largest absolute Gasteiger partial charge is 0.330 e. The molecule has 0 saturated heterocycles. The van der Waals surface area contributed by atoms with E-state index in [-0.39, 0.29) is 0 Å². The summed E-state index contributed by atoms with van der Waals surface area (Å²) < 4.78 is 0. The summed E-state index contributed by atoms with van der Waals surface area (Å²) in [5.41, 5.74) is 7.67. The molecule has 0 spiro atoms. The van der Waals surface area contributed by atoms with Gasteiger partial charge in [0.1, 0.15) is 0 Å². The molecule has 1 heterocycles. The van der Waals surface area contributed by atoms with E-state index >= 15 is 0 Å². The smallest absolute Gasteiger partial charge is 0.176 e. The Morgan fingerprint density at radius 1 is 1.24 bits per heavy atom. The van der Waals surface area contributed by atoms with E-state index in [4.69, 9.17) is 5.73 Å². The zero-order chi connectivity index (χ0) is 12.3. The van der Waals surface area contributed by atoms with Crippen LogP contribution in [0.1, 0.15) is 31.2 Å². The summed E-state index contributed by atoms with van der Waals surface area (Å²) in [4.78, 5) is 1.54. The van der Waals surface area contributed by atoms with Crippen molar-refractivity contribution in [1.82, 2.24) is 20.2 Å². The van der Waals surface area contributed by atoms with E-state index in [9.17, 15) is 0 Å². The van der Waals surface area contributed by atoms with Crippen molar-refractivity contribution in [3.05, 3.63) is 35.7 Å². The summed E-state index contributed by atoms with van der Waals surface area (Å²) >= 11 is 0. The van der Waals surface area contributed by atoms with Crippen LogP contribution in [-0.2, 0) is 6.42 Å². The Bertz CT molecular complexity index is 472. The third-order valence-corrected chi connectivity index (χ3v) is 2.61. The molecule has 5 heteroatoms. The molecule has 2 rings (SSSR count). The predicted octanol–water partition coefficient (Wildman–Crippen LogP) is 1.29. The maximum atomic E-state index is 5.44. The Morgan fingerprint density at radius 2 is 1.94 bits per heavy atom. The van der Waals surface area contributed by atoms with Crippen LogP contribution in [0.3, 0.4) is 0 Å². The van der Waals surface area contributed by atoms with E-state index < -0.39 is 0 Å². The van der Waals surface area contributed by atoms with E-state index in [2.05, 4.69) is 41.4 Å². The Hall–Kier alpha value is -1.75. The molecule has 5 nitrogen and oxygen atoms in total. The number of hydrogen-bond donors (Lipinski definition) is 1. The molecule has 0 amide bonds. The highest BCUT2D eigenvalue weighted by atomic mass is 15.6. The highest BCUT2D eigenvalue weighted by molar-refractivity contribution is 5.33. The van der Waals surface area contributed by atoms with Crippen molar-refractivity contribution in [1.29, 1.82) is 0 Å². The predicted molar refractivity (Wildman–Crippen MR) is 66.0 cm³/mol. The van der Waals surface area contributed by atoms with Crippen LogP contribution in [0.5, 0.6) is 0 Å². The van der Waals surface area contributed by atoms with E-state index in [1.165, 1.54) is 10.4 Å². The van der Waals surface area contributed by atoms with Gasteiger partial charge in [0, 0.05) is 6.42 Å². The van der Waals surface area contributed by atoms with Crippen molar-refractivity contribution in [2.45, 2.75) is 26.2 Å². The first-order valence-corrected chi connectivity index (χ1v) is 5.80. The second-order valence-electron chi connectivity index (χ2n) is 4.28. The van der Waals surface area contributed by atoms with Crippen LogP contribution < -0.4 is 5.73 Å². The van der Waals surface area contributed by atoms with Crippen molar-refractivity contribution in [2.75, 3.05) is 6.54 Å². The molecule has 0 radical (unpaired) electrons. The van der Waals surface area contributed by atoms with E-state index in [0.717, 1.165) is 5.69 Å². The molecule has 17 heavy (non-hydrogen) atoms. The topological polar surface area (TPSA) is 69.6 Å². The maximum Gasteiger partial charge on any atom is 0.176 e. The lowest BCUT2D eigenvalue weighted by Crippen LogP contribution is -2.05. The van der Waals surface area contributed by atoms with Gasteiger partial charge in [-0.05, 0) is 35.4 Å². The van der Waals surface area contributed by atoms with Gasteiger partial charge in [-0.1, -0.05) is 26.0 Å². The lowest BCUT2D eigenvalue weighted by Gasteiger charge is -2.05. The molecule has 0 saturated carbocycles. The van der Waals surface area contributed by atoms with Gasteiger partial charge in [-0.15, -0.1) is 15.0 Å². The molecule has 2 N–H and O–H groups in total. The van der Waals surface area contributed by atoms with Gasteiger partial charge in [-0.3, -0.25) is 0 Å². The first-order valence-electron chi connectivity index (χ1n) is 5.80. The van der Waals surface area contributed by atoms with E-state index in [1.54, 1.807) is 0 Å². The minimum atomic E-state index is 0.528. The molecule has 1 aromatic heterocycles. The standard InChI is InChI=1S/C12H17N5/c1-9(2)10-3-5-11(6-4-10)17-15-12(7-8-13)14-16-17/h3-6,9H,7-8,13H2,1-2H3. The molecule has 0 aliphatic carbocycles. The second-order valence-corrected chi connectivity index (χ2v) is 4.28. The number of benzene rings is 1. The van der Waals surface area contributed by atoms with Crippen LogP contribution in [-0.4, -0.2) is 26.8 Å². The Balaban J connectivity index is 2.21. The molecule has 0 fully saturated rings. The zero-order valence-corrected chi connectivity index (χ0v) is 10.2. The SMILES string of the molecule is CC(C)c1ccc(-n2nnc(CCN)n2)cc1. The molecular formula is C12H17N5. The lowest BCUT2D eigenvalue weighted by molar-refractivity contribution is 0.716. The molecule has 1 aromatic carbocycles. The first-order chi connectivity index (χ1) is 8.20. The van der Waals surface area contributed by atoms with Crippen molar-refractivity contribution in [3.8, 4) is 5.69 Å². The first kappa shape index (κ1) is 11.7. The highest BCUT2D eigenvalue weighted by Gasteiger charge is 2.04. The summed E-state index contributed by atoms with van der Waals surface area (Å²) in [7, 11) is 0. The van der Waals surface area contributed by atoms with Gasteiger partial charge in [0.25, 0.3) is 0 Å². The minimum Gasteiger partial charge on any atom is -0.330 e. The minimum absolute atomic E-state index is 0.528. The number of hydrogen-bond acceptors (Lipinski definition) is 4. The summed E-state index contributed by atoms with van der Waals surface area (Å²) in [5, 5.41) is 12.2. The second kappa shape index (κ2) is 5.05. The molecular weight excluding hydrogens is 214 g/mol. The van der Waals surface area contributed by atoms with Gasteiger partial charge in [0.15, 0.2) is 5.82 Å². The number of nitrogens with zero attached hydrogens (tertiary/aromatic N) is 4. The summed E-state index contributed by atoms with van der Waals surface area (Å²) in [5.74, 6) is 1.21. The fraction of sp³-hybridized carbons (Fsp3) is 0.417. The van der Waals surface area contributed by atoms with Crippen molar-refractivity contribution >= 4 is 0 Å². The molecule has 0 atom stereocenters. The monoisotopic (exact) mass is 231 g/mol. The van der Waals surface area contributed by atoms with Gasteiger partial charge in [-0.25, -0.2) is 0 Å². The number of aromatic nitrogens is 4. The number of nitrogens with two attached hydrogens (primary N) is 1. The fourth-order valence-electron chi connectivity index (χ4n) is 1.57. The van der Waals surface area contributed by atoms with E-state index in [0.29, 0.717) is 24.7 Å². The summed E-state index contributed by atoms with van der Waals surface area (Å²) in [6.45, 7) is 4.88.